The Morgan fingerprint density at radius 3 is 2.56 bits per heavy atom. The van der Waals surface area contributed by atoms with Crippen LogP contribution in [-0.2, 0) is 17.8 Å². The Morgan fingerprint density at radius 1 is 1.06 bits per heavy atom. The van der Waals surface area contributed by atoms with Crippen molar-refractivity contribution in [2.24, 2.45) is 0 Å². The van der Waals surface area contributed by atoms with Crippen molar-refractivity contribution >= 4 is 22.7 Å². The molecule has 0 fully saturated rings. The summed E-state index contributed by atoms with van der Waals surface area (Å²) in [5.74, 6) is -0.307. The van der Waals surface area contributed by atoms with E-state index in [9.17, 15) is 14.4 Å². The molecule has 0 spiro atoms. The van der Waals surface area contributed by atoms with Gasteiger partial charge in [-0.3, -0.25) is 14.4 Å². The topological polar surface area (TPSA) is 108 Å². The first-order chi connectivity index (χ1) is 15.5. The number of hydrogen-bond acceptors (Lipinski definition) is 5. The summed E-state index contributed by atoms with van der Waals surface area (Å²) < 4.78 is 5.15. The highest BCUT2D eigenvalue weighted by Gasteiger charge is 2.26. The number of H-pyrrole nitrogens is 1. The predicted molar refractivity (Wildman–Crippen MR) is 119 cm³/mol. The fourth-order valence-electron chi connectivity index (χ4n) is 3.47. The maximum Gasteiger partial charge on any atom is 0.287 e. The van der Waals surface area contributed by atoms with E-state index in [0.717, 1.165) is 5.56 Å². The molecular weight excluding hydrogens is 408 g/mol. The Labute approximate surface area is 183 Å². The van der Waals surface area contributed by atoms with Crippen molar-refractivity contribution in [3.05, 3.63) is 100 Å². The van der Waals surface area contributed by atoms with Gasteiger partial charge in [0.05, 0.1) is 23.7 Å². The maximum absolute atomic E-state index is 13.3. The number of aromatic nitrogens is 2. The lowest BCUT2D eigenvalue weighted by atomic mass is 10.0. The molecule has 162 valence electrons. The van der Waals surface area contributed by atoms with E-state index in [1.54, 1.807) is 37.4 Å². The van der Waals surface area contributed by atoms with E-state index in [1.807, 2.05) is 30.3 Å². The number of hydrogen-bond donors (Lipinski definition) is 2. The summed E-state index contributed by atoms with van der Waals surface area (Å²) >= 11 is 0. The number of furan rings is 1. The zero-order valence-electron chi connectivity index (χ0n) is 17.4. The first-order valence-corrected chi connectivity index (χ1v) is 10.1. The highest BCUT2D eigenvalue weighted by molar-refractivity contribution is 5.95. The SMILES string of the molecule is CN(Cc1nc2ccccc2c(=O)[nH]1)C(=O)[C@H](Cc1ccccc1)NC(=O)c1ccco1. The van der Waals surface area contributed by atoms with Crippen LogP contribution < -0.4 is 10.9 Å². The molecule has 4 aromatic rings. The second-order valence-corrected chi connectivity index (χ2v) is 7.42. The number of para-hydroxylation sites is 1. The zero-order valence-corrected chi connectivity index (χ0v) is 17.4. The van der Waals surface area contributed by atoms with Gasteiger partial charge in [0.15, 0.2) is 5.76 Å². The monoisotopic (exact) mass is 430 g/mol. The summed E-state index contributed by atoms with van der Waals surface area (Å²) in [5.41, 5.74) is 1.19. The first-order valence-electron chi connectivity index (χ1n) is 10.1. The minimum Gasteiger partial charge on any atom is -0.459 e. The molecule has 0 radical (unpaired) electrons. The van der Waals surface area contributed by atoms with Crippen LogP contribution in [0.1, 0.15) is 21.9 Å². The standard InChI is InChI=1S/C24H22N4O4/c1-28(15-21-25-18-11-6-5-10-17(18)22(29)27-21)24(31)19(14-16-8-3-2-4-9-16)26-23(30)20-12-7-13-32-20/h2-13,19H,14-15H2,1H3,(H,26,30)(H,25,27,29)/t19-/m0/s1. The average Bonchev–Trinajstić information content (AvgIpc) is 3.34. The van der Waals surface area contributed by atoms with Crippen LogP contribution in [0.4, 0.5) is 0 Å². The molecule has 8 heteroatoms. The minimum absolute atomic E-state index is 0.0841. The highest BCUT2D eigenvalue weighted by Crippen LogP contribution is 2.10. The number of rotatable bonds is 7. The van der Waals surface area contributed by atoms with Gasteiger partial charge in [-0.2, -0.15) is 0 Å². The fourth-order valence-corrected chi connectivity index (χ4v) is 3.47. The molecule has 0 saturated carbocycles. The van der Waals surface area contributed by atoms with Gasteiger partial charge < -0.3 is 19.6 Å². The zero-order chi connectivity index (χ0) is 22.5. The van der Waals surface area contributed by atoms with Gasteiger partial charge in [0, 0.05) is 13.5 Å². The first kappa shape index (κ1) is 21.0. The van der Waals surface area contributed by atoms with Crippen molar-refractivity contribution in [2.75, 3.05) is 7.05 Å². The summed E-state index contributed by atoms with van der Waals surface area (Å²) in [4.78, 5) is 46.8. The quantitative estimate of drug-likeness (QED) is 0.468. The molecule has 0 aliphatic rings. The van der Waals surface area contributed by atoms with Gasteiger partial charge in [0.1, 0.15) is 11.9 Å². The third kappa shape index (κ3) is 4.75. The predicted octanol–water partition coefficient (Wildman–Crippen LogP) is 2.52. The summed E-state index contributed by atoms with van der Waals surface area (Å²) in [6, 6.07) is 18.7. The third-order valence-corrected chi connectivity index (χ3v) is 5.06. The molecule has 2 aromatic carbocycles. The number of carbonyl (C=O) groups is 2. The van der Waals surface area contributed by atoms with E-state index in [2.05, 4.69) is 15.3 Å². The molecule has 0 saturated heterocycles. The van der Waals surface area contributed by atoms with Gasteiger partial charge in [0.2, 0.25) is 5.91 Å². The average molecular weight is 430 g/mol. The van der Waals surface area contributed by atoms with Crippen LogP contribution in [0, 0.1) is 0 Å². The molecule has 2 amide bonds. The number of carbonyl (C=O) groups excluding carboxylic acids is 2. The van der Waals surface area contributed by atoms with Crippen molar-refractivity contribution in [1.82, 2.24) is 20.2 Å². The van der Waals surface area contributed by atoms with Crippen molar-refractivity contribution in [2.45, 2.75) is 19.0 Å². The maximum atomic E-state index is 13.3. The molecule has 0 unspecified atom stereocenters. The van der Waals surface area contributed by atoms with Crippen LogP contribution >= 0.6 is 0 Å². The number of fused-ring (bicyclic) bond motifs is 1. The lowest BCUT2D eigenvalue weighted by Gasteiger charge is -2.24. The number of nitrogens with zero attached hydrogens (tertiary/aromatic N) is 2. The van der Waals surface area contributed by atoms with Crippen molar-refractivity contribution in [3.63, 3.8) is 0 Å². The summed E-state index contributed by atoms with van der Waals surface area (Å²) in [5, 5.41) is 3.24. The summed E-state index contributed by atoms with van der Waals surface area (Å²) in [6.45, 7) is 0.0841. The largest absolute Gasteiger partial charge is 0.459 e. The molecule has 32 heavy (non-hydrogen) atoms. The van der Waals surface area contributed by atoms with Crippen molar-refractivity contribution < 1.29 is 14.0 Å². The molecular formula is C24H22N4O4. The Kier molecular flexibility index (Phi) is 6.12. The molecule has 4 rings (SSSR count). The minimum atomic E-state index is -0.827. The molecule has 0 bridgehead atoms. The van der Waals surface area contributed by atoms with E-state index < -0.39 is 11.9 Å². The molecule has 0 aliphatic carbocycles. The van der Waals surface area contributed by atoms with Gasteiger partial charge in [-0.15, -0.1) is 0 Å². The van der Waals surface area contributed by atoms with E-state index >= 15 is 0 Å². The van der Waals surface area contributed by atoms with Crippen LogP contribution in [0.25, 0.3) is 10.9 Å². The molecule has 2 N–H and O–H groups in total. The Hall–Kier alpha value is -4.20. The van der Waals surface area contributed by atoms with Crippen LogP contribution in [0.5, 0.6) is 0 Å². The van der Waals surface area contributed by atoms with Crippen LogP contribution in [0.3, 0.4) is 0 Å². The number of benzene rings is 2. The normalized spacial score (nSPS) is 11.8. The van der Waals surface area contributed by atoms with Gasteiger partial charge in [0.25, 0.3) is 11.5 Å². The van der Waals surface area contributed by atoms with Crippen LogP contribution in [-0.4, -0.2) is 39.8 Å². The smallest absolute Gasteiger partial charge is 0.287 e. The second kappa shape index (κ2) is 9.30. The van der Waals surface area contributed by atoms with Crippen molar-refractivity contribution in [3.8, 4) is 0 Å². The Morgan fingerprint density at radius 2 is 1.81 bits per heavy atom. The number of aromatic amines is 1. The molecule has 8 nitrogen and oxygen atoms in total. The lowest BCUT2D eigenvalue weighted by Crippen LogP contribution is -2.48. The Balaban J connectivity index is 1.55. The summed E-state index contributed by atoms with van der Waals surface area (Å²) in [6.07, 6.45) is 1.70. The van der Waals surface area contributed by atoms with Gasteiger partial charge in [-0.05, 0) is 29.8 Å². The van der Waals surface area contributed by atoms with Gasteiger partial charge >= 0.3 is 0 Å². The van der Waals surface area contributed by atoms with Gasteiger partial charge in [-0.25, -0.2) is 4.98 Å². The molecule has 2 aromatic heterocycles. The summed E-state index contributed by atoms with van der Waals surface area (Å²) in [7, 11) is 1.61. The van der Waals surface area contributed by atoms with Gasteiger partial charge in [-0.1, -0.05) is 42.5 Å². The van der Waals surface area contributed by atoms with E-state index in [-0.39, 0.29) is 23.8 Å². The molecule has 2 heterocycles. The lowest BCUT2D eigenvalue weighted by molar-refractivity contribution is -0.132. The van der Waals surface area contributed by atoms with Crippen LogP contribution in [0.2, 0.25) is 0 Å². The number of nitrogens with one attached hydrogen (secondary N) is 2. The van der Waals surface area contributed by atoms with Crippen molar-refractivity contribution in [1.29, 1.82) is 0 Å². The van der Waals surface area contributed by atoms with Crippen LogP contribution in [0.15, 0.2) is 82.2 Å². The second-order valence-electron chi connectivity index (χ2n) is 7.42. The highest BCUT2D eigenvalue weighted by atomic mass is 16.3. The Bertz CT molecular complexity index is 1280. The number of amides is 2. The van der Waals surface area contributed by atoms with E-state index in [0.29, 0.717) is 23.1 Å². The van der Waals surface area contributed by atoms with E-state index in [4.69, 9.17) is 4.42 Å². The molecule has 1 atom stereocenters. The fraction of sp³-hybridized carbons (Fsp3) is 0.167. The molecule has 0 aliphatic heterocycles. The van der Waals surface area contributed by atoms with E-state index in [1.165, 1.54) is 17.2 Å². The number of likely N-dealkylation sites (N-methyl/N-ethyl adjacent to an activating group) is 1. The third-order valence-electron chi connectivity index (χ3n) is 5.06.